The molecule has 0 saturated carbocycles. The lowest BCUT2D eigenvalue weighted by Crippen LogP contribution is -2.22. The molecule has 18 heteroatoms. The summed E-state index contributed by atoms with van der Waals surface area (Å²) in [6.07, 6.45) is -4.84. The molecule has 0 spiro atoms. The van der Waals surface area contributed by atoms with Crippen LogP contribution in [0, 0.1) is 0 Å². The van der Waals surface area contributed by atoms with Crippen LogP contribution in [-0.2, 0) is 26.0 Å². The number of sulfone groups is 1. The summed E-state index contributed by atoms with van der Waals surface area (Å²) in [5.74, 6) is -2.30. The molecule has 0 aliphatic carbocycles. The zero-order valence-electron chi connectivity index (χ0n) is 18.2. The van der Waals surface area contributed by atoms with Crippen LogP contribution >= 0.6 is 0 Å². The Morgan fingerprint density at radius 2 is 1.78 bits per heavy atom. The van der Waals surface area contributed by atoms with E-state index in [0.717, 1.165) is 6.07 Å². The standard InChI is InChI=1S/C18H17F3N8O5S2/c1-34-10-4-2-9(13-14(10)25-17(24-13)18(19,20)21)8-3-5-11(35(30,31)7-6-22)15(36(23,32)33)12(8)16-26-28-29-27-16/h2-5H,6-7,22H2,1H3,(H,24,25)(H2,23,32,33)(H,26,27,28,29). The number of aromatic nitrogens is 6. The van der Waals surface area contributed by atoms with Gasteiger partial charge in [0.25, 0.3) is 0 Å². The number of tetrazole rings is 1. The number of aromatic amines is 2. The van der Waals surface area contributed by atoms with Crippen LogP contribution < -0.4 is 15.6 Å². The fraction of sp³-hybridized carbons (Fsp3) is 0.222. The summed E-state index contributed by atoms with van der Waals surface area (Å²) >= 11 is 0. The molecule has 0 atom stereocenters. The fourth-order valence-electron chi connectivity index (χ4n) is 3.66. The molecule has 192 valence electrons. The van der Waals surface area contributed by atoms with Gasteiger partial charge in [-0.2, -0.15) is 18.4 Å². The number of benzene rings is 2. The van der Waals surface area contributed by atoms with Crippen molar-refractivity contribution in [1.29, 1.82) is 0 Å². The molecule has 0 saturated heterocycles. The molecule has 0 bridgehead atoms. The minimum Gasteiger partial charge on any atom is -0.494 e. The van der Waals surface area contributed by atoms with Gasteiger partial charge in [-0.1, -0.05) is 6.07 Å². The number of methoxy groups -OCH3 is 1. The maximum absolute atomic E-state index is 13.4. The van der Waals surface area contributed by atoms with E-state index in [9.17, 15) is 30.0 Å². The van der Waals surface area contributed by atoms with Crippen LogP contribution in [0.1, 0.15) is 5.82 Å². The third kappa shape index (κ3) is 4.38. The molecule has 0 amide bonds. The number of halogens is 3. The van der Waals surface area contributed by atoms with Gasteiger partial charge in [-0.3, -0.25) is 0 Å². The Kier molecular flexibility index (Phi) is 6.23. The topological polar surface area (TPSA) is 213 Å². The SMILES string of the molecule is COc1ccc(-c2ccc(S(=O)(=O)CCN)c(S(N)(=O)=O)c2-c2nn[nH]n2)c2nc(C(F)(F)F)[nH]c12. The summed E-state index contributed by atoms with van der Waals surface area (Å²) in [4.78, 5) is 4.25. The summed E-state index contributed by atoms with van der Waals surface area (Å²) in [6, 6.07) is 4.80. The van der Waals surface area contributed by atoms with E-state index in [4.69, 9.17) is 15.6 Å². The Bertz CT molecular complexity index is 1670. The summed E-state index contributed by atoms with van der Waals surface area (Å²) in [6.45, 7) is -0.321. The Morgan fingerprint density at radius 3 is 2.33 bits per heavy atom. The second-order valence-corrected chi connectivity index (χ2v) is 10.9. The van der Waals surface area contributed by atoms with Crippen molar-refractivity contribution in [2.24, 2.45) is 10.9 Å². The van der Waals surface area contributed by atoms with Gasteiger partial charge in [0, 0.05) is 12.1 Å². The predicted molar refractivity (Wildman–Crippen MR) is 119 cm³/mol. The molecule has 0 radical (unpaired) electrons. The first-order chi connectivity index (χ1) is 16.8. The maximum Gasteiger partial charge on any atom is 0.449 e. The molecule has 2 aromatic heterocycles. The number of rotatable bonds is 7. The second-order valence-electron chi connectivity index (χ2n) is 7.33. The number of primary sulfonamides is 1. The van der Waals surface area contributed by atoms with Crippen LogP contribution in [0.25, 0.3) is 33.5 Å². The Labute approximate surface area is 201 Å². The monoisotopic (exact) mass is 546 g/mol. The van der Waals surface area contributed by atoms with Crippen molar-refractivity contribution in [3.63, 3.8) is 0 Å². The number of hydrogen-bond donors (Lipinski definition) is 4. The van der Waals surface area contributed by atoms with E-state index in [1.54, 1.807) is 0 Å². The van der Waals surface area contributed by atoms with Crippen molar-refractivity contribution in [1.82, 2.24) is 30.6 Å². The Hall–Kier alpha value is -3.61. The Morgan fingerprint density at radius 1 is 1.08 bits per heavy atom. The van der Waals surface area contributed by atoms with Gasteiger partial charge >= 0.3 is 6.18 Å². The van der Waals surface area contributed by atoms with Gasteiger partial charge in [-0.25, -0.2) is 27.0 Å². The number of hydrogen-bond acceptors (Lipinski definition) is 10. The number of nitrogens with one attached hydrogen (secondary N) is 2. The van der Waals surface area contributed by atoms with Gasteiger partial charge < -0.3 is 15.5 Å². The molecular weight excluding hydrogens is 529 g/mol. The predicted octanol–water partition coefficient (Wildman–Crippen LogP) is 0.817. The number of nitrogens with zero attached hydrogens (tertiary/aromatic N) is 4. The number of sulfonamides is 1. The second kappa shape index (κ2) is 8.80. The van der Waals surface area contributed by atoms with Crippen LogP contribution in [0.4, 0.5) is 13.2 Å². The molecule has 0 fully saturated rings. The van der Waals surface area contributed by atoms with Crippen molar-refractivity contribution < 1.29 is 34.7 Å². The van der Waals surface area contributed by atoms with Crippen LogP contribution in [-0.4, -0.2) is 66.8 Å². The van der Waals surface area contributed by atoms with Crippen molar-refractivity contribution in [3.8, 4) is 28.3 Å². The summed E-state index contributed by atoms with van der Waals surface area (Å²) < 4.78 is 96.6. The van der Waals surface area contributed by atoms with E-state index in [1.165, 1.54) is 25.3 Å². The van der Waals surface area contributed by atoms with E-state index < -0.39 is 53.0 Å². The third-order valence-corrected chi connectivity index (χ3v) is 7.99. The molecule has 2 heterocycles. The van der Waals surface area contributed by atoms with E-state index in [1.807, 2.05) is 0 Å². The number of fused-ring (bicyclic) bond motifs is 1. The fourth-order valence-corrected chi connectivity index (χ4v) is 6.41. The number of alkyl halides is 3. The van der Waals surface area contributed by atoms with Crippen LogP contribution in [0.15, 0.2) is 34.1 Å². The zero-order chi connectivity index (χ0) is 26.5. The molecule has 0 aliphatic heterocycles. The minimum absolute atomic E-state index is 0.0201. The molecule has 36 heavy (non-hydrogen) atoms. The van der Waals surface area contributed by atoms with E-state index >= 15 is 0 Å². The van der Waals surface area contributed by atoms with Gasteiger partial charge in [0.15, 0.2) is 9.84 Å². The van der Waals surface area contributed by atoms with E-state index in [-0.39, 0.29) is 40.3 Å². The van der Waals surface area contributed by atoms with Gasteiger partial charge in [0.1, 0.15) is 21.7 Å². The van der Waals surface area contributed by atoms with Gasteiger partial charge in [-0.05, 0) is 29.0 Å². The zero-order valence-corrected chi connectivity index (χ0v) is 19.8. The summed E-state index contributed by atoms with van der Waals surface area (Å²) in [7, 11) is -7.81. The Balaban J connectivity index is 2.18. The summed E-state index contributed by atoms with van der Waals surface area (Å²) in [5, 5.41) is 18.4. The van der Waals surface area contributed by atoms with E-state index in [2.05, 4.69) is 30.6 Å². The number of imidazole rings is 1. The van der Waals surface area contributed by atoms with Gasteiger partial charge in [0.2, 0.25) is 21.7 Å². The minimum atomic E-state index is -4.84. The average molecular weight is 547 g/mol. The third-order valence-electron chi connectivity index (χ3n) is 5.08. The lowest BCUT2D eigenvalue weighted by molar-refractivity contribution is -0.144. The van der Waals surface area contributed by atoms with Crippen LogP contribution in [0.2, 0.25) is 0 Å². The highest BCUT2D eigenvalue weighted by atomic mass is 32.2. The first kappa shape index (κ1) is 25.5. The lowest BCUT2D eigenvalue weighted by Gasteiger charge is -2.16. The molecule has 13 nitrogen and oxygen atoms in total. The van der Waals surface area contributed by atoms with E-state index in [0.29, 0.717) is 0 Å². The normalized spacial score (nSPS) is 12.8. The largest absolute Gasteiger partial charge is 0.494 e. The highest BCUT2D eigenvalue weighted by Gasteiger charge is 2.37. The molecule has 4 rings (SSSR count). The smallest absolute Gasteiger partial charge is 0.449 e. The van der Waals surface area contributed by atoms with Crippen molar-refractivity contribution in [2.75, 3.05) is 19.4 Å². The molecule has 2 aromatic carbocycles. The number of H-pyrrole nitrogens is 2. The number of ether oxygens (including phenoxy) is 1. The molecular formula is C18H17F3N8O5S2. The highest BCUT2D eigenvalue weighted by molar-refractivity contribution is 7.93. The van der Waals surface area contributed by atoms with Crippen molar-refractivity contribution in [2.45, 2.75) is 16.0 Å². The van der Waals surface area contributed by atoms with Crippen molar-refractivity contribution >= 4 is 30.9 Å². The molecule has 0 unspecified atom stereocenters. The molecule has 4 aromatic rings. The number of nitrogens with two attached hydrogens (primary N) is 2. The van der Waals surface area contributed by atoms with Crippen molar-refractivity contribution in [3.05, 3.63) is 30.1 Å². The van der Waals surface area contributed by atoms with Gasteiger partial charge in [0.05, 0.1) is 23.3 Å². The maximum atomic E-state index is 13.4. The molecule has 0 aliphatic rings. The summed E-state index contributed by atoms with van der Waals surface area (Å²) in [5.41, 5.74) is 4.47. The van der Waals surface area contributed by atoms with Crippen LogP contribution in [0.5, 0.6) is 5.75 Å². The molecule has 6 N–H and O–H groups in total. The lowest BCUT2D eigenvalue weighted by atomic mass is 9.97. The average Bonchev–Trinajstić information content (AvgIpc) is 3.47. The van der Waals surface area contributed by atoms with Crippen LogP contribution in [0.3, 0.4) is 0 Å². The highest BCUT2D eigenvalue weighted by Crippen LogP contribution is 2.43. The van der Waals surface area contributed by atoms with Gasteiger partial charge in [-0.15, -0.1) is 10.2 Å². The first-order valence-corrected chi connectivity index (χ1v) is 13.0. The first-order valence-electron chi connectivity index (χ1n) is 9.80. The quantitative estimate of drug-likeness (QED) is 0.256.